The molecule has 0 amide bonds. The van der Waals surface area contributed by atoms with E-state index in [4.69, 9.17) is 27.9 Å². The van der Waals surface area contributed by atoms with Gasteiger partial charge in [-0.2, -0.15) is 13.2 Å². The molecule has 0 atom stereocenters. The van der Waals surface area contributed by atoms with Gasteiger partial charge in [0.25, 0.3) is 0 Å². The molecule has 0 aliphatic carbocycles. The number of benzene rings is 1. The lowest BCUT2D eigenvalue weighted by molar-refractivity contribution is -0.137. The van der Waals surface area contributed by atoms with Crippen LogP contribution in [0.1, 0.15) is 11.3 Å². The van der Waals surface area contributed by atoms with E-state index < -0.39 is 11.7 Å². The Hall–Kier alpha value is -1.96. The molecule has 0 aliphatic heterocycles. The van der Waals surface area contributed by atoms with Crippen LogP contribution in [0.4, 0.5) is 13.2 Å². The molecule has 27 heavy (non-hydrogen) atoms. The van der Waals surface area contributed by atoms with E-state index in [-0.39, 0.29) is 10.9 Å². The van der Waals surface area contributed by atoms with Crippen LogP contribution in [0.15, 0.2) is 58.6 Å². The molecule has 3 rings (SSSR count). The lowest BCUT2D eigenvalue weighted by Gasteiger charge is -2.14. The summed E-state index contributed by atoms with van der Waals surface area (Å²) in [6, 6.07) is 9.71. The van der Waals surface area contributed by atoms with E-state index in [2.05, 4.69) is 9.97 Å². The van der Waals surface area contributed by atoms with E-state index in [0.717, 1.165) is 11.0 Å². The summed E-state index contributed by atoms with van der Waals surface area (Å²) in [7, 11) is 0. The van der Waals surface area contributed by atoms with Crippen LogP contribution in [0.5, 0.6) is 11.6 Å². The molecule has 0 aliphatic rings. The second-order valence-electron chi connectivity index (χ2n) is 5.39. The zero-order valence-electron chi connectivity index (χ0n) is 13.7. The average molecular weight is 431 g/mol. The number of rotatable bonds is 4. The van der Waals surface area contributed by atoms with Crippen LogP contribution in [0.3, 0.4) is 0 Å². The van der Waals surface area contributed by atoms with Gasteiger partial charge < -0.3 is 4.74 Å². The summed E-state index contributed by atoms with van der Waals surface area (Å²) in [4.78, 5) is 9.49. The van der Waals surface area contributed by atoms with Crippen molar-refractivity contribution in [2.45, 2.75) is 22.9 Å². The highest BCUT2D eigenvalue weighted by Crippen LogP contribution is 2.40. The Bertz CT molecular complexity index is 966. The lowest BCUT2D eigenvalue weighted by Crippen LogP contribution is -2.06. The first-order valence-corrected chi connectivity index (χ1v) is 9.11. The Kier molecular flexibility index (Phi) is 5.83. The molecule has 9 heteroatoms. The average Bonchev–Trinajstić information content (AvgIpc) is 2.60. The van der Waals surface area contributed by atoms with Gasteiger partial charge in [0.05, 0.1) is 16.2 Å². The van der Waals surface area contributed by atoms with Crippen molar-refractivity contribution in [3.8, 4) is 11.6 Å². The summed E-state index contributed by atoms with van der Waals surface area (Å²) in [5.41, 5.74) is -0.398. The first-order valence-electron chi connectivity index (χ1n) is 7.53. The van der Waals surface area contributed by atoms with Crippen LogP contribution in [0.2, 0.25) is 10.0 Å². The third-order valence-corrected chi connectivity index (χ3v) is 4.99. The summed E-state index contributed by atoms with van der Waals surface area (Å²) < 4.78 is 44.0. The number of nitrogens with zero attached hydrogens (tertiary/aromatic N) is 2. The van der Waals surface area contributed by atoms with E-state index in [1.54, 1.807) is 31.3 Å². The van der Waals surface area contributed by atoms with Crippen molar-refractivity contribution in [2.75, 3.05) is 0 Å². The third kappa shape index (κ3) is 4.86. The molecule has 3 nitrogen and oxygen atoms in total. The van der Waals surface area contributed by atoms with Gasteiger partial charge >= 0.3 is 6.18 Å². The van der Waals surface area contributed by atoms with Gasteiger partial charge in [0.15, 0.2) is 5.75 Å². The molecule has 1 aromatic carbocycles. The number of pyridine rings is 2. The fourth-order valence-electron chi connectivity index (χ4n) is 2.12. The highest BCUT2D eigenvalue weighted by Gasteiger charge is 2.32. The fourth-order valence-corrected chi connectivity index (χ4v) is 3.38. The second kappa shape index (κ2) is 7.96. The van der Waals surface area contributed by atoms with Crippen molar-refractivity contribution >= 4 is 35.0 Å². The van der Waals surface area contributed by atoms with E-state index in [1.807, 2.05) is 12.1 Å². The standard InChI is InChI=1S/C18H11Cl2F3N2OS/c1-10-16(26-17-14(20)8-11(9-25-17)18(21,22)23)15(6-7-24-10)27-13-4-2-12(19)3-5-13/h2-9H,1H3. The Morgan fingerprint density at radius 1 is 1.04 bits per heavy atom. The summed E-state index contributed by atoms with van der Waals surface area (Å²) >= 11 is 13.2. The van der Waals surface area contributed by atoms with Gasteiger partial charge in [-0.3, -0.25) is 4.98 Å². The number of halogens is 5. The number of hydrogen-bond acceptors (Lipinski definition) is 4. The maximum Gasteiger partial charge on any atom is 0.417 e. The monoisotopic (exact) mass is 430 g/mol. The lowest BCUT2D eigenvalue weighted by atomic mass is 10.3. The van der Waals surface area contributed by atoms with Crippen LogP contribution < -0.4 is 4.74 Å². The van der Waals surface area contributed by atoms with Crippen LogP contribution >= 0.6 is 35.0 Å². The van der Waals surface area contributed by atoms with Gasteiger partial charge in [-0.25, -0.2) is 4.98 Å². The van der Waals surface area contributed by atoms with Crippen molar-refractivity contribution in [1.82, 2.24) is 9.97 Å². The number of alkyl halides is 3. The minimum Gasteiger partial charge on any atom is -0.434 e. The summed E-state index contributed by atoms with van der Waals surface area (Å²) in [6.07, 6.45) is -2.24. The Morgan fingerprint density at radius 2 is 1.74 bits per heavy atom. The zero-order chi connectivity index (χ0) is 19.6. The highest BCUT2D eigenvalue weighted by molar-refractivity contribution is 7.99. The molecule has 0 fully saturated rings. The molecule has 2 aromatic heterocycles. The third-order valence-electron chi connectivity index (χ3n) is 3.42. The first-order chi connectivity index (χ1) is 12.7. The Labute approximate surface area is 167 Å². The SMILES string of the molecule is Cc1nccc(Sc2ccc(Cl)cc2)c1Oc1ncc(C(F)(F)F)cc1Cl. The zero-order valence-corrected chi connectivity index (χ0v) is 16.0. The summed E-state index contributed by atoms with van der Waals surface area (Å²) in [5, 5.41) is 0.373. The second-order valence-corrected chi connectivity index (χ2v) is 7.35. The van der Waals surface area contributed by atoms with Crippen molar-refractivity contribution < 1.29 is 17.9 Å². The van der Waals surface area contributed by atoms with Gasteiger partial charge in [-0.1, -0.05) is 35.0 Å². The molecule has 3 aromatic rings. The largest absolute Gasteiger partial charge is 0.434 e. The fraction of sp³-hybridized carbons (Fsp3) is 0.111. The normalized spacial score (nSPS) is 11.5. The van der Waals surface area contributed by atoms with Gasteiger partial charge in [-0.15, -0.1) is 0 Å². The topological polar surface area (TPSA) is 35.0 Å². The van der Waals surface area contributed by atoms with E-state index in [9.17, 15) is 13.2 Å². The minimum atomic E-state index is -4.53. The molecule has 0 spiro atoms. The molecule has 0 saturated carbocycles. The van der Waals surface area contributed by atoms with Gasteiger partial charge in [0.2, 0.25) is 5.88 Å². The summed E-state index contributed by atoms with van der Waals surface area (Å²) in [6.45, 7) is 1.72. The predicted molar refractivity (Wildman–Crippen MR) is 98.9 cm³/mol. The number of aryl methyl sites for hydroxylation is 1. The maximum atomic E-state index is 12.8. The molecular formula is C18H11Cl2F3N2OS. The van der Waals surface area contributed by atoms with Crippen molar-refractivity contribution in [1.29, 1.82) is 0 Å². The molecule has 0 saturated heterocycles. The quantitative estimate of drug-likeness (QED) is 0.443. The molecule has 2 heterocycles. The van der Waals surface area contributed by atoms with Crippen LogP contribution in [-0.4, -0.2) is 9.97 Å². The Balaban J connectivity index is 1.92. The number of hydrogen-bond donors (Lipinski definition) is 0. The molecule has 140 valence electrons. The van der Waals surface area contributed by atoms with Crippen LogP contribution in [0, 0.1) is 6.92 Å². The smallest absolute Gasteiger partial charge is 0.417 e. The van der Waals surface area contributed by atoms with Crippen molar-refractivity contribution in [2.24, 2.45) is 0 Å². The van der Waals surface area contributed by atoms with Crippen molar-refractivity contribution in [3.63, 3.8) is 0 Å². The molecule has 0 unspecified atom stereocenters. The van der Waals surface area contributed by atoms with Crippen LogP contribution in [0.25, 0.3) is 0 Å². The maximum absolute atomic E-state index is 12.8. The number of ether oxygens (including phenoxy) is 1. The minimum absolute atomic E-state index is 0.126. The van der Waals surface area contributed by atoms with Crippen LogP contribution in [-0.2, 0) is 6.18 Å². The van der Waals surface area contributed by atoms with E-state index >= 15 is 0 Å². The number of aromatic nitrogens is 2. The molecule has 0 N–H and O–H groups in total. The van der Waals surface area contributed by atoms with E-state index in [0.29, 0.717) is 27.6 Å². The van der Waals surface area contributed by atoms with Gasteiger partial charge in [0, 0.05) is 22.3 Å². The molecule has 0 radical (unpaired) electrons. The van der Waals surface area contributed by atoms with E-state index in [1.165, 1.54) is 11.8 Å². The summed E-state index contributed by atoms with van der Waals surface area (Å²) in [5.74, 6) is 0.241. The predicted octanol–water partition coefficient (Wildman–Crippen LogP) is 7.05. The molecule has 0 bridgehead atoms. The first kappa shape index (κ1) is 19.8. The van der Waals surface area contributed by atoms with Crippen molar-refractivity contribution in [3.05, 3.63) is 70.1 Å². The highest BCUT2D eigenvalue weighted by atomic mass is 35.5. The Morgan fingerprint density at radius 3 is 2.37 bits per heavy atom. The van der Waals surface area contributed by atoms with Gasteiger partial charge in [0.1, 0.15) is 5.02 Å². The van der Waals surface area contributed by atoms with Gasteiger partial charge in [-0.05, 0) is 43.3 Å². The molecular weight excluding hydrogens is 420 g/mol.